The van der Waals surface area contributed by atoms with Crippen molar-refractivity contribution in [2.75, 3.05) is 5.75 Å². The van der Waals surface area contributed by atoms with Gasteiger partial charge < -0.3 is 0 Å². The molecule has 4 saturated carbocycles. The normalized spacial score (nSPS) is 62.0. The zero-order valence-electron chi connectivity index (χ0n) is 14.0. The molecule has 0 aromatic rings. The first-order valence-corrected chi connectivity index (χ1v) is 10.7. The molecule has 21 heavy (non-hydrogen) atoms. The molecule has 5 fully saturated rings. The van der Waals surface area contributed by atoms with Gasteiger partial charge in [0.15, 0.2) is 0 Å². The number of hydrogen-bond acceptors (Lipinski definition) is 1. The minimum atomic E-state index is 0.719. The molecule has 0 bridgehead atoms. The predicted octanol–water partition coefficient (Wildman–Crippen LogP) is 5.90. The lowest BCUT2D eigenvalue weighted by Crippen LogP contribution is -2.53. The molecule has 5 aliphatic rings. The minimum Gasteiger partial charge on any atom is -0.152 e. The van der Waals surface area contributed by atoms with Crippen LogP contribution in [0.1, 0.15) is 78.1 Å². The van der Waals surface area contributed by atoms with Gasteiger partial charge in [-0.15, -0.1) is 0 Å². The molecule has 1 spiro atoms. The van der Waals surface area contributed by atoms with Crippen LogP contribution in [0.2, 0.25) is 0 Å². The summed E-state index contributed by atoms with van der Waals surface area (Å²) in [6.45, 7) is 5.42. The van der Waals surface area contributed by atoms with Gasteiger partial charge in [0.2, 0.25) is 0 Å². The monoisotopic (exact) mass is 304 g/mol. The lowest BCUT2D eigenvalue weighted by molar-refractivity contribution is -0.105. The van der Waals surface area contributed by atoms with Gasteiger partial charge >= 0.3 is 0 Å². The maximum Gasteiger partial charge on any atom is 0.0307 e. The van der Waals surface area contributed by atoms with Crippen LogP contribution in [0.15, 0.2) is 0 Å². The molecule has 0 aromatic heterocycles. The third kappa shape index (κ3) is 1.60. The van der Waals surface area contributed by atoms with E-state index in [9.17, 15) is 0 Å². The van der Waals surface area contributed by atoms with Gasteiger partial charge in [0.1, 0.15) is 0 Å². The smallest absolute Gasteiger partial charge is 0.0307 e. The van der Waals surface area contributed by atoms with Crippen LogP contribution in [-0.2, 0) is 0 Å². The Balaban J connectivity index is 1.48. The van der Waals surface area contributed by atoms with Gasteiger partial charge in [0.05, 0.1) is 0 Å². The van der Waals surface area contributed by atoms with Crippen molar-refractivity contribution in [3.05, 3.63) is 0 Å². The summed E-state index contributed by atoms with van der Waals surface area (Å²) in [5.41, 5.74) is 1.45. The van der Waals surface area contributed by atoms with Crippen LogP contribution in [0.3, 0.4) is 0 Å². The first kappa shape index (κ1) is 13.8. The summed E-state index contributed by atoms with van der Waals surface area (Å²) < 4.78 is 0.757. The Morgan fingerprint density at radius 1 is 0.810 bits per heavy atom. The van der Waals surface area contributed by atoms with Crippen LogP contribution < -0.4 is 0 Å². The highest BCUT2D eigenvalue weighted by atomic mass is 32.2. The van der Waals surface area contributed by atoms with Gasteiger partial charge in [-0.1, -0.05) is 26.7 Å². The van der Waals surface area contributed by atoms with Crippen molar-refractivity contribution in [2.45, 2.75) is 82.8 Å². The Bertz CT molecular complexity index is 453. The fraction of sp³-hybridized carbons (Fsp3) is 1.00. The van der Waals surface area contributed by atoms with Crippen LogP contribution >= 0.6 is 11.8 Å². The van der Waals surface area contributed by atoms with E-state index in [2.05, 4.69) is 25.6 Å². The Kier molecular flexibility index (Phi) is 2.78. The molecule has 0 amide bonds. The molecule has 1 saturated heterocycles. The van der Waals surface area contributed by atoms with Crippen molar-refractivity contribution in [3.8, 4) is 0 Å². The van der Waals surface area contributed by atoms with E-state index >= 15 is 0 Å². The standard InChI is InChI=1S/C20H32S/c1-18-10-4-3-5-14(18)6-7-15-16(18)8-11-19(2)17(15)9-12-20(19)13-21-20/h14-17H,3-13H2,1-2H3/t14-,15+,16-,17-,18-,19-,20-/m0/s1. The SMILES string of the molecule is C[C@]12CCCC[C@H]1CC[C@@H]1[C@@H]2CC[C@@]2(C)[C@H]1CC[C@]21CS1. The van der Waals surface area contributed by atoms with Crippen LogP contribution in [0.4, 0.5) is 0 Å². The van der Waals surface area contributed by atoms with E-state index in [1.54, 1.807) is 51.4 Å². The van der Waals surface area contributed by atoms with Crippen molar-refractivity contribution in [3.63, 3.8) is 0 Å². The largest absolute Gasteiger partial charge is 0.152 e. The topological polar surface area (TPSA) is 0 Å². The summed E-state index contributed by atoms with van der Waals surface area (Å²) in [5, 5.41) is 0. The Hall–Kier alpha value is 0.350. The fourth-order valence-corrected chi connectivity index (χ4v) is 9.44. The second-order valence-corrected chi connectivity index (χ2v) is 11.0. The summed E-state index contributed by atoms with van der Waals surface area (Å²) in [6, 6.07) is 0. The molecular weight excluding hydrogens is 272 g/mol. The molecule has 7 atom stereocenters. The van der Waals surface area contributed by atoms with E-state index in [1.807, 2.05) is 0 Å². The van der Waals surface area contributed by atoms with Crippen molar-refractivity contribution < 1.29 is 0 Å². The first-order valence-electron chi connectivity index (χ1n) is 9.73. The van der Waals surface area contributed by atoms with Gasteiger partial charge in [0, 0.05) is 10.5 Å². The Morgan fingerprint density at radius 2 is 1.62 bits per heavy atom. The molecule has 0 nitrogen and oxygen atoms in total. The van der Waals surface area contributed by atoms with Crippen LogP contribution in [0.5, 0.6) is 0 Å². The van der Waals surface area contributed by atoms with Crippen LogP contribution in [-0.4, -0.2) is 10.5 Å². The number of fused-ring (bicyclic) bond motifs is 6. The van der Waals surface area contributed by atoms with Crippen molar-refractivity contribution in [2.24, 2.45) is 34.5 Å². The Labute approximate surface area is 135 Å². The lowest BCUT2D eigenvalue weighted by Gasteiger charge is -2.60. The minimum absolute atomic E-state index is 0.719. The summed E-state index contributed by atoms with van der Waals surface area (Å²) in [6.07, 6.45) is 15.6. The summed E-state index contributed by atoms with van der Waals surface area (Å²) in [5.74, 6) is 5.86. The first-order chi connectivity index (χ1) is 10.1. The molecule has 1 aliphatic heterocycles. The second-order valence-electron chi connectivity index (χ2n) is 9.68. The Morgan fingerprint density at radius 3 is 2.43 bits per heavy atom. The molecule has 0 unspecified atom stereocenters. The molecule has 118 valence electrons. The van der Waals surface area contributed by atoms with Crippen molar-refractivity contribution in [1.29, 1.82) is 0 Å². The summed E-state index contributed by atoms with van der Waals surface area (Å²) >= 11 is 2.32. The fourth-order valence-electron chi connectivity index (χ4n) is 7.95. The van der Waals surface area contributed by atoms with Gasteiger partial charge in [-0.25, -0.2) is 0 Å². The van der Waals surface area contributed by atoms with E-state index in [0.29, 0.717) is 0 Å². The lowest BCUT2D eigenvalue weighted by atomic mass is 9.45. The average Bonchev–Trinajstić information content (AvgIpc) is 3.20. The molecule has 1 heteroatoms. The molecule has 5 rings (SSSR count). The highest BCUT2D eigenvalue weighted by Gasteiger charge is 2.68. The highest BCUT2D eigenvalue weighted by Crippen LogP contribution is 2.75. The highest BCUT2D eigenvalue weighted by molar-refractivity contribution is 8.08. The average molecular weight is 305 g/mol. The van der Waals surface area contributed by atoms with Crippen molar-refractivity contribution >= 4 is 11.8 Å². The summed E-state index contributed by atoms with van der Waals surface area (Å²) in [7, 11) is 0. The molecule has 0 radical (unpaired) electrons. The van der Waals surface area contributed by atoms with Crippen LogP contribution in [0.25, 0.3) is 0 Å². The van der Waals surface area contributed by atoms with E-state index in [0.717, 1.165) is 39.2 Å². The van der Waals surface area contributed by atoms with Gasteiger partial charge in [0.25, 0.3) is 0 Å². The van der Waals surface area contributed by atoms with E-state index in [4.69, 9.17) is 0 Å². The maximum atomic E-state index is 2.72. The zero-order chi connectivity index (χ0) is 14.3. The van der Waals surface area contributed by atoms with E-state index in [-0.39, 0.29) is 0 Å². The molecule has 1 heterocycles. The van der Waals surface area contributed by atoms with Gasteiger partial charge in [-0.05, 0) is 85.9 Å². The number of thioether (sulfide) groups is 1. The third-order valence-corrected chi connectivity index (χ3v) is 11.0. The number of rotatable bonds is 0. The van der Waals surface area contributed by atoms with Gasteiger partial charge in [-0.2, -0.15) is 11.8 Å². The predicted molar refractivity (Wildman–Crippen MR) is 91.5 cm³/mol. The van der Waals surface area contributed by atoms with Gasteiger partial charge in [-0.3, -0.25) is 0 Å². The molecule has 0 aromatic carbocycles. The second kappa shape index (κ2) is 4.25. The van der Waals surface area contributed by atoms with E-state index in [1.165, 1.54) is 18.6 Å². The third-order valence-electron chi connectivity index (χ3n) is 9.37. The molecular formula is C20H32S. The summed E-state index contributed by atoms with van der Waals surface area (Å²) in [4.78, 5) is 0. The zero-order valence-corrected chi connectivity index (χ0v) is 14.8. The van der Waals surface area contributed by atoms with Crippen molar-refractivity contribution in [1.82, 2.24) is 0 Å². The van der Waals surface area contributed by atoms with E-state index < -0.39 is 0 Å². The quantitative estimate of drug-likeness (QED) is 0.502. The molecule has 0 N–H and O–H groups in total. The molecule has 4 aliphatic carbocycles. The number of hydrogen-bond donors (Lipinski definition) is 0. The van der Waals surface area contributed by atoms with Crippen LogP contribution in [0, 0.1) is 34.5 Å². The maximum absolute atomic E-state index is 2.72.